The predicted octanol–water partition coefficient (Wildman–Crippen LogP) is 3.03. The number of hydrogen-bond donors (Lipinski definition) is 0. The van der Waals surface area contributed by atoms with Gasteiger partial charge in [-0.2, -0.15) is 5.10 Å². The number of carbonyl (C=O) groups excluding carboxylic acids is 1. The van der Waals surface area contributed by atoms with Gasteiger partial charge in [0.05, 0.1) is 17.8 Å². The molecular formula is C20H20N6OS. The Hall–Kier alpha value is -3.13. The van der Waals surface area contributed by atoms with Crippen molar-refractivity contribution in [2.24, 2.45) is 7.05 Å². The molecule has 0 aliphatic heterocycles. The largest absolute Gasteiger partial charge is 0.334 e. The lowest BCUT2D eigenvalue weighted by Crippen LogP contribution is -2.28. The van der Waals surface area contributed by atoms with Gasteiger partial charge in [-0.1, -0.05) is 18.2 Å². The number of aromatic nitrogens is 5. The summed E-state index contributed by atoms with van der Waals surface area (Å²) in [6, 6.07) is 13.6. The number of pyridine rings is 1. The fraction of sp³-hybridized carbons (Fsp3) is 0.200. The van der Waals surface area contributed by atoms with Gasteiger partial charge in [0.2, 0.25) is 0 Å². The fourth-order valence-electron chi connectivity index (χ4n) is 2.93. The van der Waals surface area contributed by atoms with Crippen LogP contribution >= 0.6 is 11.8 Å². The number of imidazole rings is 1. The number of fused-ring (bicyclic) bond motifs is 1. The topological polar surface area (TPSA) is 68.3 Å². The van der Waals surface area contributed by atoms with Crippen LogP contribution in [0, 0.1) is 0 Å². The molecule has 3 aromatic heterocycles. The van der Waals surface area contributed by atoms with Crippen LogP contribution in [0.15, 0.2) is 66.1 Å². The van der Waals surface area contributed by atoms with E-state index in [0.717, 1.165) is 22.1 Å². The third-order valence-corrected chi connectivity index (χ3v) is 5.54. The number of benzene rings is 1. The quantitative estimate of drug-likeness (QED) is 0.472. The zero-order chi connectivity index (χ0) is 19.5. The molecule has 3 heterocycles. The Morgan fingerprint density at radius 1 is 1.18 bits per heavy atom. The van der Waals surface area contributed by atoms with Crippen molar-refractivity contribution in [2.75, 3.05) is 7.05 Å². The molecular weight excluding hydrogens is 372 g/mol. The van der Waals surface area contributed by atoms with Gasteiger partial charge in [-0.3, -0.25) is 9.48 Å². The van der Waals surface area contributed by atoms with Crippen molar-refractivity contribution in [2.45, 2.75) is 17.2 Å². The first-order valence-electron chi connectivity index (χ1n) is 8.84. The van der Waals surface area contributed by atoms with E-state index in [0.29, 0.717) is 17.9 Å². The molecule has 7 nitrogen and oxygen atoms in total. The number of hydrogen-bond acceptors (Lipinski definition) is 5. The van der Waals surface area contributed by atoms with Gasteiger partial charge < -0.3 is 9.30 Å². The molecule has 4 aromatic rings. The van der Waals surface area contributed by atoms with Crippen LogP contribution in [-0.2, 0) is 19.3 Å². The molecule has 0 unspecified atom stereocenters. The highest BCUT2D eigenvalue weighted by Gasteiger charge is 2.18. The Morgan fingerprint density at radius 2 is 2.00 bits per heavy atom. The molecule has 8 heteroatoms. The summed E-state index contributed by atoms with van der Waals surface area (Å²) in [4.78, 5) is 24.4. The van der Waals surface area contributed by atoms with E-state index in [1.54, 1.807) is 28.4 Å². The molecule has 0 aliphatic rings. The van der Waals surface area contributed by atoms with Crippen molar-refractivity contribution in [3.63, 3.8) is 0 Å². The van der Waals surface area contributed by atoms with Crippen LogP contribution < -0.4 is 0 Å². The Labute approximate surface area is 167 Å². The second kappa shape index (κ2) is 7.85. The normalized spacial score (nSPS) is 11.1. The third kappa shape index (κ3) is 3.77. The molecule has 0 aliphatic carbocycles. The fourth-order valence-corrected chi connectivity index (χ4v) is 3.86. The number of aryl methyl sites for hydroxylation is 1. The van der Waals surface area contributed by atoms with Crippen molar-refractivity contribution in [3.05, 3.63) is 78.3 Å². The molecule has 1 amide bonds. The van der Waals surface area contributed by atoms with E-state index < -0.39 is 0 Å². The molecule has 0 spiro atoms. The van der Waals surface area contributed by atoms with Crippen LogP contribution in [0.4, 0.5) is 0 Å². The van der Waals surface area contributed by atoms with Crippen LogP contribution in [0.1, 0.15) is 21.9 Å². The number of carbonyl (C=O) groups is 1. The first-order valence-corrected chi connectivity index (χ1v) is 9.83. The Bertz CT molecular complexity index is 1090. The van der Waals surface area contributed by atoms with Gasteiger partial charge in [0.25, 0.3) is 5.91 Å². The van der Waals surface area contributed by atoms with Crippen molar-refractivity contribution in [3.8, 4) is 0 Å². The van der Waals surface area contributed by atoms with Gasteiger partial charge in [-0.15, -0.1) is 11.8 Å². The third-order valence-electron chi connectivity index (χ3n) is 4.44. The molecule has 0 radical (unpaired) electrons. The summed E-state index contributed by atoms with van der Waals surface area (Å²) >= 11 is 1.62. The molecule has 142 valence electrons. The van der Waals surface area contributed by atoms with Crippen LogP contribution in [-0.4, -0.2) is 42.0 Å². The van der Waals surface area contributed by atoms with E-state index in [2.05, 4.69) is 15.1 Å². The maximum atomic E-state index is 13.0. The lowest BCUT2D eigenvalue weighted by molar-refractivity contribution is 0.0776. The van der Waals surface area contributed by atoms with Crippen LogP contribution in [0.25, 0.3) is 5.65 Å². The van der Waals surface area contributed by atoms with Crippen LogP contribution in [0.5, 0.6) is 0 Å². The minimum Gasteiger partial charge on any atom is -0.334 e. The van der Waals surface area contributed by atoms with E-state index in [9.17, 15) is 4.79 Å². The number of nitrogens with zero attached hydrogens (tertiary/aromatic N) is 6. The maximum absolute atomic E-state index is 13.0. The highest BCUT2D eigenvalue weighted by atomic mass is 32.2. The highest BCUT2D eigenvalue weighted by Crippen LogP contribution is 2.27. The van der Waals surface area contributed by atoms with Crippen molar-refractivity contribution in [1.29, 1.82) is 0 Å². The molecule has 0 saturated carbocycles. The van der Waals surface area contributed by atoms with Gasteiger partial charge in [-0.25, -0.2) is 9.97 Å². The average molecular weight is 392 g/mol. The van der Waals surface area contributed by atoms with E-state index in [1.165, 1.54) is 6.33 Å². The lowest BCUT2D eigenvalue weighted by Gasteiger charge is -2.18. The highest BCUT2D eigenvalue weighted by molar-refractivity contribution is 7.98. The monoisotopic (exact) mass is 392 g/mol. The maximum Gasteiger partial charge on any atom is 0.255 e. The van der Waals surface area contributed by atoms with E-state index >= 15 is 0 Å². The zero-order valence-corrected chi connectivity index (χ0v) is 16.5. The Morgan fingerprint density at radius 3 is 2.79 bits per heavy atom. The molecule has 4 rings (SSSR count). The minimum atomic E-state index is -0.0406. The molecule has 28 heavy (non-hydrogen) atoms. The zero-order valence-electron chi connectivity index (χ0n) is 15.7. The summed E-state index contributed by atoms with van der Waals surface area (Å²) in [7, 11) is 3.60. The minimum absolute atomic E-state index is 0.0406. The van der Waals surface area contributed by atoms with Gasteiger partial charge >= 0.3 is 0 Å². The van der Waals surface area contributed by atoms with Crippen molar-refractivity contribution < 1.29 is 4.79 Å². The van der Waals surface area contributed by atoms with Crippen molar-refractivity contribution >= 4 is 23.3 Å². The summed E-state index contributed by atoms with van der Waals surface area (Å²) in [6.45, 7) is 0.404. The summed E-state index contributed by atoms with van der Waals surface area (Å²) in [5.41, 5.74) is 2.58. The van der Waals surface area contributed by atoms with Crippen LogP contribution in [0.2, 0.25) is 0 Å². The predicted molar refractivity (Wildman–Crippen MR) is 108 cm³/mol. The number of amides is 1. The lowest BCUT2D eigenvalue weighted by atomic mass is 10.2. The Kier molecular flexibility index (Phi) is 5.12. The second-order valence-corrected chi connectivity index (χ2v) is 7.46. The van der Waals surface area contributed by atoms with E-state index in [4.69, 9.17) is 0 Å². The summed E-state index contributed by atoms with van der Waals surface area (Å²) < 4.78 is 3.68. The summed E-state index contributed by atoms with van der Waals surface area (Å²) in [5, 5.41) is 4.05. The van der Waals surface area contributed by atoms with Gasteiger partial charge in [-0.05, 0) is 24.3 Å². The van der Waals surface area contributed by atoms with E-state index in [1.807, 2.05) is 66.3 Å². The summed E-state index contributed by atoms with van der Waals surface area (Å²) in [6.07, 6.45) is 5.49. The standard InChI is InChI=1S/C20H20N6OS/c1-24(12-19-21-14-22-25(19)2)20(27)16-7-3-4-8-17(16)28-13-15-11-26-10-6-5-9-18(26)23-15/h3-11,14H,12-13H2,1-2H3. The van der Waals surface area contributed by atoms with Crippen LogP contribution in [0.3, 0.4) is 0 Å². The molecule has 1 aromatic carbocycles. The van der Waals surface area contributed by atoms with Gasteiger partial charge in [0.15, 0.2) is 0 Å². The van der Waals surface area contributed by atoms with Gasteiger partial charge in [0.1, 0.15) is 17.8 Å². The Balaban J connectivity index is 1.49. The first kappa shape index (κ1) is 18.2. The molecule has 0 fully saturated rings. The molecule has 0 N–H and O–H groups in total. The molecule has 0 bridgehead atoms. The first-order chi connectivity index (χ1) is 13.6. The van der Waals surface area contributed by atoms with Crippen molar-refractivity contribution in [1.82, 2.24) is 29.0 Å². The number of rotatable bonds is 6. The second-order valence-electron chi connectivity index (χ2n) is 6.44. The number of thioether (sulfide) groups is 1. The summed E-state index contributed by atoms with van der Waals surface area (Å²) in [5.74, 6) is 1.39. The van der Waals surface area contributed by atoms with Gasteiger partial charge in [0, 0.05) is 37.1 Å². The van der Waals surface area contributed by atoms with E-state index in [-0.39, 0.29) is 5.91 Å². The smallest absolute Gasteiger partial charge is 0.255 e. The SMILES string of the molecule is CN(Cc1ncnn1C)C(=O)c1ccccc1SCc1cn2ccccc2n1. The molecule has 0 atom stereocenters. The molecule has 0 saturated heterocycles. The average Bonchev–Trinajstić information content (AvgIpc) is 3.31.